The highest BCUT2D eigenvalue weighted by molar-refractivity contribution is 6.36. The fourth-order valence-corrected chi connectivity index (χ4v) is 3.15. The van der Waals surface area contributed by atoms with E-state index in [2.05, 4.69) is 5.32 Å². The fraction of sp³-hybridized carbons (Fsp3) is 0.238. The van der Waals surface area contributed by atoms with Gasteiger partial charge >= 0.3 is 0 Å². The predicted molar refractivity (Wildman–Crippen MR) is 110 cm³/mol. The molecule has 0 atom stereocenters. The maximum atomic E-state index is 13.0. The Hall–Kier alpha value is -3.03. The molecule has 0 fully saturated rings. The molecule has 0 unspecified atom stereocenters. The molecular weight excluding hydrogens is 396 g/mol. The minimum Gasteiger partial charge on any atom is -0.493 e. The predicted octanol–water partition coefficient (Wildman–Crippen LogP) is 3.20. The minimum atomic E-state index is -0.424. The number of hydrogen-bond acceptors (Lipinski definition) is 6. The molecule has 8 heteroatoms. The number of carbonyl (C=O) groups is 2. The van der Waals surface area contributed by atoms with Crippen molar-refractivity contribution < 1.29 is 23.8 Å². The van der Waals surface area contributed by atoms with Crippen LogP contribution < -0.4 is 14.8 Å². The highest BCUT2D eigenvalue weighted by atomic mass is 35.5. The van der Waals surface area contributed by atoms with Crippen LogP contribution in [0.1, 0.15) is 5.56 Å². The highest BCUT2D eigenvalue weighted by Crippen LogP contribution is 2.34. The molecule has 152 valence electrons. The average molecular weight is 417 g/mol. The topological polar surface area (TPSA) is 77.1 Å². The number of nitrogens with zero attached hydrogens (tertiary/aromatic N) is 1. The monoisotopic (exact) mass is 416 g/mol. The molecule has 1 aliphatic rings. The summed E-state index contributed by atoms with van der Waals surface area (Å²) >= 11 is 5.97. The molecule has 29 heavy (non-hydrogen) atoms. The summed E-state index contributed by atoms with van der Waals surface area (Å²) in [5.41, 5.74) is 1.63. The van der Waals surface area contributed by atoms with E-state index in [0.717, 1.165) is 4.90 Å². The Morgan fingerprint density at radius 2 is 1.62 bits per heavy atom. The second-order valence-electron chi connectivity index (χ2n) is 6.21. The van der Waals surface area contributed by atoms with E-state index < -0.39 is 11.8 Å². The zero-order valence-electron chi connectivity index (χ0n) is 16.3. The zero-order chi connectivity index (χ0) is 21.0. The average Bonchev–Trinajstić information content (AvgIpc) is 2.96. The second kappa shape index (κ2) is 8.98. The maximum absolute atomic E-state index is 13.0. The summed E-state index contributed by atoms with van der Waals surface area (Å²) < 4.78 is 15.6. The first-order valence-corrected chi connectivity index (χ1v) is 9.22. The van der Waals surface area contributed by atoms with E-state index in [0.29, 0.717) is 27.8 Å². The number of anilines is 1. The molecule has 0 aromatic heterocycles. The van der Waals surface area contributed by atoms with Crippen LogP contribution in [-0.2, 0) is 14.3 Å². The fourth-order valence-electron chi connectivity index (χ4n) is 3.02. The number of rotatable bonds is 8. The van der Waals surface area contributed by atoms with Crippen molar-refractivity contribution in [2.75, 3.05) is 39.8 Å². The van der Waals surface area contributed by atoms with Gasteiger partial charge in [0, 0.05) is 23.9 Å². The van der Waals surface area contributed by atoms with Gasteiger partial charge in [0.15, 0.2) is 11.5 Å². The van der Waals surface area contributed by atoms with Crippen molar-refractivity contribution in [3.63, 3.8) is 0 Å². The quantitative estimate of drug-likeness (QED) is 0.666. The van der Waals surface area contributed by atoms with Gasteiger partial charge in [0.25, 0.3) is 11.8 Å². The lowest BCUT2D eigenvalue weighted by Crippen LogP contribution is -2.35. The van der Waals surface area contributed by atoms with Crippen molar-refractivity contribution in [3.05, 3.63) is 58.7 Å². The summed E-state index contributed by atoms with van der Waals surface area (Å²) in [6.07, 6.45) is 0. The molecule has 2 aromatic rings. The van der Waals surface area contributed by atoms with Crippen molar-refractivity contribution in [3.8, 4) is 11.5 Å². The minimum absolute atomic E-state index is 0.155. The first kappa shape index (κ1) is 20.7. The molecule has 0 saturated heterocycles. The second-order valence-corrected chi connectivity index (χ2v) is 6.64. The lowest BCUT2D eigenvalue weighted by atomic mass is 10.0. The molecule has 3 rings (SSSR count). The van der Waals surface area contributed by atoms with Crippen LogP contribution in [-0.4, -0.2) is 51.2 Å². The van der Waals surface area contributed by atoms with Crippen molar-refractivity contribution in [1.82, 2.24) is 4.90 Å². The van der Waals surface area contributed by atoms with Crippen LogP contribution in [0.25, 0.3) is 5.57 Å². The van der Waals surface area contributed by atoms with E-state index in [9.17, 15) is 9.59 Å². The first-order valence-electron chi connectivity index (χ1n) is 8.84. The molecule has 1 N–H and O–H groups in total. The Kier molecular flexibility index (Phi) is 6.41. The number of nitrogens with one attached hydrogen (secondary N) is 1. The van der Waals surface area contributed by atoms with E-state index in [-0.39, 0.29) is 24.4 Å². The van der Waals surface area contributed by atoms with Crippen LogP contribution in [0.5, 0.6) is 11.5 Å². The molecule has 0 aliphatic carbocycles. The lowest BCUT2D eigenvalue weighted by Gasteiger charge is -2.15. The van der Waals surface area contributed by atoms with Gasteiger partial charge in [-0.05, 0) is 29.8 Å². The normalized spacial score (nSPS) is 13.9. The third-order valence-corrected chi connectivity index (χ3v) is 4.72. The van der Waals surface area contributed by atoms with Crippen molar-refractivity contribution in [1.29, 1.82) is 0 Å². The smallest absolute Gasteiger partial charge is 0.278 e. The molecule has 2 amide bonds. The SMILES string of the molecule is COCCN1C(=O)C(Nc2ccc(OC)c(OC)c2)=C(c2ccc(Cl)cc2)C1=O. The van der Waals surface area contributed by atoms with E-state index in [1.54, 1.807) is 49.6 Å². The summed E-state index contributed by atoms with van der Waals surface area (Å²) in [7, 11) is 4.58. The molecular formula is C21H21ClN2O5. The summed E-state index contributed by atoms with van der Waals surface area (Å²) in [5.74, 6) is 0.240. The largest absolute Gasteiger partial charge is 0.493 e. The van der Waals surface area contributed by atoms with Gasteiger partial charge in [0.1, 0.15) is 5.70 Å². The number of benzene rings is 2. The van der Waals surface area contributed by atoms with Crippen LogP contribution in [0.3, 0.4) is 0 Å². The number of ether oxygens (including phenoxy) is 3. The first-order chi connectivity index (χ1) is 14.0. The molecule has 0 saturated carbocycles. The van der Waals surface area contributed by atoms with Crippen LogP contribution in [0.2, 0.25) is 5.02 Å². The molecule has 7 nitrogen and oxygen atoms in total. The lowest BCUT2D eigenvalue weighted by molar-refractivity contribution is -0.137. The van der Waals surface area contributed by atoms with Crippen LogP contribution in [0, 0.1) is 0 Å². The third-order valence-electron chi connectivity index (χ3n) is 4.47. The summed E-state index contributed by atoms with van der Waals surface area (Å²) in [6.45, 7) is 0.400. The summed E-state index contributed by atoms with van der Waals surface area (Å²) in [5, 5.41) is 3.61. The summed E-state index contributed by atoms with van der Waals surface area (Å²) in [4.78, 5) is 27.2. The number of methoxy groups -OCH3 is 3. The maximum Gasteiger partial charge on any atom is 0.278 e. The molecule has 0 radical (unpaired) electrons. The number of imide groups is 1. The number of hydrogen-bond donors (Lipinski definition) is 1. The van der Waals surface area contributed by atoms with Crippen molar-refractivity contribution in [2.24, 2.45) is 0 Å². The van der Waals surface area contributed by atoms with Gasteiger partial charge in [0.2, 0.25) is 0 Å². The Morgan fingerprint density at radius 3 is 2.24 bits per heavy atom. The number of carbonyl (C=O) groups excluding carboxylic acids is 2. The molecule has 1 heterocycles. The van der Waals surface area contributed by atoms with Crippen LogP contribution in [0.15, 0.2) is 48.2 Å². The van der Waals surface area contributed by atoms with Crippen LogP contribution >= 0.6 is 11.6 Å². The van der Waals surface area contributed by atoms with Gasteiger partial charge in [-0.2, -0.15) is 0 Å². The van der Waals surface area contributed by atoms with E-state index >= 15 is 0 Å². The summed E-state index contributed by atoms with van der Waals surface area (Å²) in [6, 6.07) is 11.9. The molecule has 0 bridgehead atoms. The zero-order valence-corrected chi connectivity index (χ0v) is 17.1. The van der Waals surface area contributed by atoms with Gasteiger partial charge in [-0.3, -0.25) is 14.5 Å². The van der Waals surface area contributed by atoms with E-state index in [1.165, 1.54) is 14.2 Å². The Labute approximate surface area is 173 Å². The van der Waals surface area contributed by atoms with E-state index in [4.69, 9.17) is 25.8 Å². The van der Waals surface area contributed by atoms with E-state index in [1.807, 2.05) is 0 Å². The van der Waals surface area contributed by atoms with Crippen LogP contribution in [0.4, 0.5) is 5.69 Å². The Bertz CT molecular complexity index is 956. The number of amides is 2. The number of halogens is 1. The molecule has 2 aromatic carbocycles. The Balaban J connectivity index is 2.03. The van der Waals surface area contributed by atoms with Gasteiger partial charge < -0.3 is 19.5 Å². The highest BCUT2D eigenvalue weighted by Gasteiger charge is 2.39. The van der Waals surface area contributed by atoms with Gasteiger partial charge in [-0.1, -0.05) is 23.7 Å². The molecule has 1 aliphatic heterocycles. The van der Waals surface area contributed by atoms with Gasteiger partial charge in [0.05, 0.1) is 32.9 Å². The Morgan fingerprint density at radius 1 is 0.931 bits per heavy atom. The standard InChI is InChI=1S/C21H21ClN2O5/c1-27-11-10-24-20(25)18(13-4-6-14(22)7-5-13)19(21(24)26)23-15-8-9-16(28-2)17(12-15)29-3/h4-9,12,23H,10-11H2,1-3H3. The third kappa shape index (κ3) is 4.21. The van der Waals surface area contributed by atoms with Gasteiger partial charge in [-0.15, -0.1) is 0 Å². The van der Waals surface area contributed by atoms with Crippen molar-refractivity contribution in [2.45, 2.75) is 0 Å². The van der Waals surface area contributed by atoms with Crippen molar-refractivity contribution >= 4 is 34.7 Å². The van der Waals surface area contributed by atoms with Gasteiger partial charge in [-0.25, -0.2) is 0 Å². The molecule has 0 spiro atoms.